The number of rotatable bonds is 5. The third kappa shape index (κ3) is 4.13. The highest BCUT2D eigenvalue weighted by Crippen LogP contribution is 2.12. The van der Waals surface area contributed by atoms with Gasteiger partial charge in [0.25, 0.3) is 0 Å². The van der Waals surface area contributed by atoms with Gasteiger partial charge in [-0.2, -0.15) is 0 Å². The number of benzene rings is 1. The van der Waals surface area contributed by atoms with Crippen LogP contribution in [-0.2, 0) is 9.63 Å². The molecule has 1 aromatic carbocycles. The van der Waals surface area contributed by atoms with Crippen molar-refractivity contribution in [2.45, 2.75) is 0 Å². The molecule has 0 radical (unpaired) electrons. The summed E-state index contributed by atoms with van der Waals surface area (Å²) < 4.78 is 9.88. The van der Waals surface area contributed by atoms with Crippen molar-refractivity contribution in [3.63, 3.8) is 0 Å². The van der Waals surface area contributed by atoms with Crippen molar-refractivity contribution >= 4 is 18.3 Å². The number of carbonyl (C=O) groups is 1. The van der Waals surface area contributed by atoms with Crippen LogP contribution < -0.4 is 4.74 Å². The van der Waals surface area contributed by atoms with Gasteiger partial charge in [0.2, 0.25) is 0 Å². The van der Waals surface area contributed by atoms with Crippen LogP contribution in [0.25, 0.3) is 6.08 Å². The summed E-state index contributed by atoms with van der Waals surface area (Å²) in [7, 11) is 1.60. The van der Waals surface area contributed by atoms with E-state index in [1.54, 1.807) is 19.3 Å². The van der Waals surface area contributed by atoms with Crippen LogP contribution in [0.4, 0.5) is 0 Å². The van der Waals surface area contributed by atoms with Gasteiger partial charge in [-0.1, -0.05) is 17.3 Å². The molecule has 0 N–H and O–H groups in total. The first-order valence-electron chi connectivity index (χ1n) is 5.86. The number of methoxy groups -OCH3 is 1. The Kier molecular flexibility index (Phi) is 4.72. The molecule has 20 heavy (non-hydrogen) atoms. The highest BCUT2D eigenvalue weighted by molar-refractivity contribution is 5.87. The number of hydrogen-bond acceptors (Lipinski definition) is 5. The van der Waals surface area contributed by atoms with Crippen molar-refractivity contribution in [1.29, 1.82) is 0 Å². The quantitative estimate of drug-likeness (QED) is 0.363. The number of nitrogens with zero attached hydrogens (tertiary/aromatic N) is 1. The Morgan fingerprint density at radius 3 is 2.65 bits per heavy atom. The van der Waals surface area contributed by atoms with Gasteiger partial charge in [-0.25, -0.2) is 4.79 Å². The van der Waals surface area contributed by atoms with Gasteiger partial charge >= 0.3 is 5.97 Å². The van der Waals surface area contributed by atoms with Crippen molar-refractivity contribution in [2.24, 2.45) is 5.16 Å². The maximum Gasteiger partial charge on any atom is 0.358 e. The first-order chi connectivity index (χ1) is 9.78. The second-order valence-corrected chi connectivity index (χ2v) is 3.81. The van der Waals surface area contributed by atoms with Crippen LogP contribution in [0.15, 0.2) is 58.5 Å². The van der Waals surface area contributed by atoms with Gasteiger partial charge in [0.15, 0.2) is 0 Å². The molecule has 0 saturated heterocycles. The second kappa shape index (κ2) is 6.94. The molecule has 0 fully saturated rings. The van der Waals surface area contributed by atoms with E-state index >= 15 is 0 Å². The van der Waals surface area contributed by atoms with Crippen LogP contribution >= 0.6 is 0 Å². The normalized spacial score (nSPS) is 11.1. The minimum atomic E-state index is -0.555. The highest BCUT2D eigenvalue weighted by atomic mass is 16.7. The average Bonchev–Trinajstić information content (AvgIpc) is 2.99. The number of ether oxygens (including phenoxy) is 1. The Morgan fingerprint density at radius 1 is 1.20 bits per heavy atom. The first kappa shape index (κ1) is 13.6. The molecule has 0 aliphatic carbocycles. The molecule has 0 unspecified atom stereocenters. The number of oxime groups is 1. The summed E-state index contributed by atoms with van der Waals surface area (Å²) in [5.74, 6) is 0.204. The third-order valence-corrected chi connectivity index (χ3v) is 2.42. The SMILES string of the molecule is COc1ccc(/C=C/C(=O)O/N=C/c2ccoc2)cc1. The number of hydrogen-bond donors (Lipinski definition) is 0. The van der Waals surface area contributed by atoms with E-state index in [1.807, 2.05) is 24.3 Å². The first-order valence-corrected chi connectivity index (χ1v) is 5.86. The van der Waals surface area contributed by atoms with Crippen LogP contribution in [0.3, 0.4) is 0 Å². The zero-order valence-corrected chi connectivity index (χ0v) is 10.9. The molecule has 0 saturated carbocycles. The highest BCUT2D eigenvalue weighted by Gasteiger charge is 1.96. The monoisotopic (exact) mass is 271 g/mol. The second-order valence-electron chi connectivity index (χ2n) is 3.81. The molecule has 0 bridgehead atoms. The van der Waals surface area contributed by atoms with E-state index in [-0.39, 0.29) is 0 Å². The average molecular weight is 271 g/mol. The van der Waals surface area contributed by atoms with Crippen molar-refractivity contribution in [1.82, 2.24) is 0 Å². The topological polar surface area (TPSA) is 61.0 Å². The zero-order chi connectivity index (χ0) is 14.2. The maximum absolute atomic E-state index is 11.4. The summed E-state index contributed by atoms with van der Waals surface area (Å²) in [6, 6.07) is 8.98. The van der Waals surface area contributed by atoms with E-state index in [0.717, 1.165) is 16.9 Å². The van der Waals surface area contributed by atoms with E-state index in [1.165, 1.54) is 24.8 Å². The third-order valence-electron chi connectivity index (χ3n) is 2.42. The number of carbonyl (C=O) groups excluding carboxylic acids is 1. The minimum absolute atomic E-state index is 0.555. The fraction of sp³-hybridized carbons (Fsp3) is 0.0667. The maximum atomic E-state index is 11.4. The fourth-order valence-corrected chi connectivity index (χ4v) is 1.40. The molecule has 5 nitrogen and oxygen atoms in total. The summed E-state index contributed by atoms with van der Waals surface area (Å²) in [6.45, 7) is 0. The van der Waals surface area contributed by atoms with Gasteiger partial charge in [-0.15, -0.1) is 0 Å². The van der Waals surface area contributed by atoms with Gasteiger partial charge < -0.3 is 14.0 Å². The number of furan rings is 1. The summed E-state index contributed by atoms with van der Waals surface area (Å²) in [6.07, 6.45) is 7.32. The van der Waals surface area contributed by atoms with Gasteiger partial charge in [0.1, 0.15) is 5.75 Å². The molecule has 0 atom stereocenters. The molecule has 1 aromatic heterocycles. The largest absolute Gasteiger partial charge is 0.497 e. The lowest BCUT2D eigenvalue weighted by molar-refractivity contribution is -0.137. The Balaban J connectivity index is 1.85. The lowest BCUT2D eigenvalue weighted by atomic mass is 10.2. The summed E-state index contributed by atoms with van der Waals surface area (Å²) >= 11 is 0. The zero-order valence-electron chi connectivity index (χ0n) is 10.9. The Labute approximate surface area is 116 Å². The molecule has 2 rings (SSSR count). The van der Waals surface area contributed by atoms with Crippen molar-refractivity contribution in [3.8, 4) is 5.75 Å². The van der Waals surface area contributed by atoms with E-state index in [2.05, 4.69) is 9.99 Å². The van der Waals surface area contributed by atoms with Gasteiger partial charge in [0.05, 0.1) is 25.9 Å². The van der Waals surface area contributed by atoms with Crippen LogP contribution in [0.2, 0.25) is 0 Å². The van der Waals surface area contributed by atoms with Gasteiger partial charge in [-0.05, 0) is 29.8 Å². The molecule has 0 aliphatic heterocycles. The predicted molar refractivity (Wildman–Crippen MR) is 74.4 cm³/mol. The Hall–Kier alpha value is -2.82. The van der Waals surface area contributed by atoms with E-state index in [9.17, 15) is 4.79 Å². The summed E-state index contributed by atoms with van der Waals surface area (Å²) in [5, 5.41) is 3.55. The van der Waals surface area contributed by atoms with Gasteiger partial charge in [0, 0.05) is 11.6 Å². The molecular formula is C15H13NO4. The lowest BCUT2D eigenvalue weighted by Gasteiger charge is -1.98. The van der Waals surface area contributed by atoms with Crippen LogP contribution in [0.5, 0.6) is 5.75 Å². The smallest absolute Gasteiger partial charge is 0.358 e. The van der Waals surface area contributed by atoms with E-state index in [0.29, 0.717) is 0 Å². The molecule has 0 amide bonds. The molecule has 2 aromatic rings. The molecular weight excluding hydrogens is 258 g/mol. The minimum Gasteiger partial charge on any atom is -0.497 e. The van der Waals surface area contributed by atoms with Crippen LogP contribution in [0, 0.1) is 0 Å². The Bertz CT molecular complexity index is 597. The summed E-state index contributed by atoms with van der Waals surface area (Å²) in [5.41, 5.74) is 1.58. The molecule has 0 spiro atoms. The molecule has 5 heteroatoms. The van der Waals surface area contributed by atoms with Crippen LogP contribution in [-0.4, -0.2) is 19.3 Å². The van der Waals surface area contributed by atoms with Crippen molar-refractivity contribution in [2.75, 3.05) is 7.11 Å². The van der Waals surface area contributed by atoms with E-state index < -0.39 is 5.97 Å². The molecule has 0 aliphatic rings. The van der Waals surface area contributed by atoms with Gasteiger partial charge in [-0.3, -0.25) is 0 Å². The molecule has 1 heterocycles. The van der Waals surface area contributed by atoms with E-state index in [4.69, 9.17) is 9.15 Å². The molecule has 102 valence electrons. The van der Waals surface area contributed by atoms with Crippen LogP contribution in [0.1, 0.15) is 11.1 Å². The van der Waals surface area contributed by atoms with Crippen molar-refractivity contribution in [3.05, 3.63) is 60.1 Å². The predicted octanol–water partition coefficient (Wildman–Crippen LogP) is 2.88. The Morgan fingerprint density at radius 2 is 2.00 bits per heavy atom. The fourth-order valence-electron chi connectivity index (χ4n) is 1.40. The summed E-state index contributed by atoms with van der Waals surface area (Å²) in [4.78, 5) is 16.1. The van der Waals surface area contributed by atoms with Crippen molar-refractivity contribution < 1.29 is 18.8 Å². The standard InChI is InChI=1S/C15H13NO4/c1-18-14-5-2-12(3-6-14)4-7-15(17)20-16-10-13-8-9-19-11-13/h2-11H,1H3/b7-4+,16-10+. The lowest BCUT2D eigenvalue weighted by Crippen LogP contribution is -1.94.